The van der Waals surface area contributed by atoms with Gasteiger partial charge in [-0.25, -0.2) is 0 Å². The van der Waals surface area contributed by atoms with Gasteiger partial charge in [0.2, 0.25) is 0 Å². The molecule has 3 heteroatoms. The van der Waals surface area contributed by atoms with Crippen LogP contribution in [0.3, 0.4) is 0 Å². The summed E-state index contributed by atoms with van der Waals surface area (Å²) in [5.74, 6) is 0. The van der Waals surface area contributed by atoms with Crippen molar-refractivity contribution in [3.8, 4) is 0 Å². The first kappa shape index (κ1) is 14.1. The number of hydrogen-bond donors (Lipinski definition) is 1. The Morgan fingerprint density at radius 2 is 1.68 bits per heavy atom. The molecule has 0 bridgehead atoms. The van der Waals surface area contributed by atoms with Crippen LogP contribution in [-0.4, -0.2) is 5.11 Å². The van der Waals surface area contributed by atoms with Gasteiger partial charge in [-0.3, -0.25) is 0 Å². The SMILES string of the molecule is C=CCC(O)(c1ccccc1)c1ccc(Cl)c(Cl)c1. The van der Waals surface area contributed by atoms with Crippen molar-refractivity contribution in [1.82, 2.24) is 0 Å². The summed E-state index contributed by atoms with van der Waals surface area (Å²) in [7, 11) is 0. The zero-order valence-electron chi connectivity index (χ0n) is 10.3. The minimum atomic E-state index is -1.14. The molecular weight excluding hydrogens is 279 g/mol. The molecule has 1 atom stereocenters. The van der Waals surface area contributed by atoms with Gasteiger partial charge < -0.3 is 5.11 Å². The lowest BCUT2D eigenvalue weighted by Crippen LogP contribution is -2.26. The second kappa shape index (κ2) is 5.79. The molecule has 0 aliphatic heterocycles. The van der Waals surface area contributed by atoms with Crippen molar-refractivity contribution >= 4 is 23.2 Å². The molecule has 19 heavy (non-hydrogen) atoms. The molecule has 0 radical (unpaired) electrons. The van der Waals surface area contributed by atoms with E-state index in [1.165, 1.54) is 0 Å². The first-order chi connectivity index (χ1) is 9.08. The Kier molecular flexibility index (Phi) is 4.31. The van der Waals surface area contributed by atoms with Crippen LogP contribution < -0.4 is 0 Å². The van der Waals surface area contributed by atoms with E-state index in [1.807, 2.05) is 30.3 Å². The van der Waals surface area contributed by atoms with E-state index in [0.717, 1.165) is 5.56 Å². The first-order valence-electron chi connectivity index (χ1n) is 5.92. The average Bonchev–Trinajstić information content (AvgIpc) is 2.43. The zero-order chi connectivity index (χ0) is 13.9. The standard InChI is InChI=1S/C16H14Cl2O/c1-2-10-16(19,12-6-4-3-5-7-12)13-8-9-14(17)15(18)11-13/h2-9,11,19H,1,10H2. The molecule has 0 saturated heterocycles. The summed E-state index contributed by atoms with van der Waals surface area (Å²) in [4.78, 5) is 0. The van der Waals surface area contributed by atoms with Crippen LogP contribution in [0, 0.1) is 0 Å². The molecular formula is C16H14Cl2O. The van der Waals surface area contributed by atoms with Crippen LogP contribution in [0.4, 0.5) is 0 Å². The van der Waals surface area contributed by atoms with Crippen molar-refractivity contribution in [2.24, 2.45) is 0 Å². The molecule has 1 nitrogen and oxygen atoms in total. The van der Waals surface area contributed by atoms with Crippen molar-refractivity contribution in [1.29, 1.82) is 0 Å². The van der Waals surface area contributed by atoms with Crippen molar-refractivity contribution < 1.29 is 5.11 Å². The highest BCUT2D eigenvalue weighted by molar-refractivity contribution is 6.42. The molecule has 98 valence electrons. The molecule has 0 spiro atoms. The average molecular weight is 293 g/mol. The molecule has 0 aromatic heterocycles. The minimum Gasteiger partial charge on any atom is -0.380 e. The number of benzene rings is 2. The topological polar surface area (TPSA) is 20.2 Å². The van der Waals surface area contributed by atoms with Gasteiger partial charge in [0.15, 0.2) is 0 Å². The molecule has 1 N–H and O–H groups in total. The molecule has 0 aliphatic rings. The van der Waals surface area contributed by atoms with Crippen LogP contribution in [0.2, 0.25) is 10.0 Å². The predicted octanol–water partition coefficient (Wildman–Crippen LogP) is 4.81. The number of rotatable bonds is 4. The summed E-state index contributed by atoms with van der Waals surface area (Å²) < 4.78 is 0. The Hall–Kier alpha value is -1.28. The van der Waals surface area contributed by atoms with Crippen molar-refractivity contribution in [3.05, 3.63) is 82.4 Å². The Bertz CT molecular complexity index is 581. The van der Waals surface area contributed by atoms with E-state index in [2.05, 4.69) is 6.58 Å². The van der Waals surface area contributed by atoms with Crippen LogP contribution in [0.5, 0.6) is 0 Å². The van der Waals surface area contributed by atoms with Gasteiger partial charge in [-0.2, -0.15) is 0 Å². The molecule has 2 rings (SSSR count). The highest BCUT2D eigenvalue weighted by atomic mass is 35.5. The maximum Gasteiger partial charge on any atom is 0.118 e. The molecule has 0 fully saturated rings. The summed E-state index contributed by atoms with van der Waals surface area (Å²) in [6.45, 7) is 3.72. The van der Waals surface area contributed by atoms with Gasteiger partial charge in [-0.1, -0.05) is 65.7 Å². The minimum absolute atomic E-state index is 0.398. The second-order valence-electron chi connectivity index (χ2n) is 4.35. The molecule has 0 heterocycles. The molecule has 0 amide bonds. The van der Waals surface area contributed by atoms with E-state index in [-0.39, 0.29) is 0 Å². The highest BCUT2D eigenvalue weighted by Gasteiger charge is 2.30. The van der Waals surface area contributed by atoms with Crippen LogP contribution in [0.15, 0.2) is 61.2 Å². The predicted molar refractivity (Wildman–Crippen MR) is 80.7 cm³/mol. The van der Waals surface area contributed by atoms with Crippen LogP contribution in [0.25, 0.3) is 0 Å². The molecule has 2 aromatic rings. The quantitative estimate of drug-likeness (QED) is 0.802. The molecule has 2 aromatic carbocycles. The van der Waals surface area contributed by atoms with E-state index >= 15 is 0 Å². The van der Waals surface area contributed by atoms with Gasteiger partial charge in [0.1, 0.15) is 5.60 Å². The highest BCUT2D eigenvalue weighted by Crippen LogP contribution is 2.36. The normalized spacial score (nSPS) is 13.8. The maximum atomic E-state index is 11.0. The van der Waals surface area contributed by atoms with Gasteiger partial charge in [0.05, 0.1) is 10.0 Å². The van der Waals surface area contributed by atoms with Gasteiger partial charge in [0, 0.05) is 6.42 Å². The van der Waals surface area contributed by atoms with Gasteiger partial charge in [0.25, 0.3) is 0 Å². The summed E-state index contributed by atoms with van der Waals surface area (Å²) in [6, 6.07) is 14.6. The van der Waals surface area contributed by atoms with Crippen molar-refractivity contribution in [3.63, 3.8) is 0 Å². The summed E-state index contributed by atoms with van der Waals surface area (Å²) in [5.41, 5.74) is 0.360. The Balaban J connectivity index is 2.55. The summed E-state index contributed by atoms with van der Waals surface area (Å²) in [6.07, 6.45) is 2.09. The fourth-order valence-corrected chi connectivity index (χ4v) is 2.38. The van der Waals surface area contributed by atoms with Crippen molar-refractivity contribution in [2.45, 2.75) is 12.0 Å². The lowest BCUT2D eigenvalue weighted by Gasteiger charge is -2.28. The van der Waals surface area contributed by atoms with Crippen LogP contribution >= 0.6 is 23.2 Å². The Labute approximate surface area is 123 Å². The van der Waals surface area contributed by atoms with E-state index < -0.39 is 5.60 Å². The fourth-order valence-electron chi connectivity index (χ4n) is 2.08. The van der Waals surface area contributed by atoms with Crippen LogP contribution in [-0.2, 0) is 5.60 Å². The first-order valence-corrected chi connectivity index (χ1v) is 6.68. The van der Waals surface area contributed by atoms with E-state index in [1.54, 1.807) is 24.3 Å². The van der Waals surface area contributed by atoms with Crippen molar-refractivity contribution in [2.75, 3.05) is 0 Å². The van der Waals surface area contributed by atoms with E-state index in [0.29, 0.717) is 22.0 Å². The smallest absolute Gasteiger partial charge is 0.118 e. The number of aliphatic hydroxyl groups is 1. The lowest BCUT2D eigenvalue weighted by molar-refractivity contribution is 0.0842. The lowest BCUT2D eigenvalue weighted by atomic mass is 9.83. The van der Waals surface area contributed by atoms with Gasteiger partial charge in [-0.15, -0.1) is 6.58 Å². The molecule has 0 aliphatic carbocycles. The fraction of sp³-hybridized carbons (Fsp3) is 0.125. The summed E-state index contributed by atoms with van der Waals surface area (Å²) in [5, 5.41) is 11.9. The number of halogens is 2. The third-order valence-electron chi connectivity index (χ3n) is 3.09. The Morgan fingerprint density at radius 3 is 2.26 bits per heavy atom. The largest absolute Gasteiger partial charge is 0.380 e. The van der Waals surface area contributed by atoms with E-state index in [4.69, 9.17) is 23.2 Å². The van der Waals surface area contributed by atoms with E-state index in [9.17, 15) is 5.11 Å². The van der Waals surface area contributed by atoms with Gasteiger partial charge in [-0.05, 0) is 23.3 Å². The maximum absolute atomic E-state index is 11.0. The molecule has 1 unspecified atom stereocenters. The third kappa shape index (κ3) is 2.84. The van der Waals surface area contributed by atoms with Gasteiger partial charge >= 0.3 is 0 Å². The zero-order valence-corrected chi connectivity index (χ0v) is 11.8. The summed E-state index contributed by atoms with van der Waals surface area (Å²) >= 11 is 12.0. The Morgan fingerprint density at radius 1 is 1.00 bits per heavy atom. The second-order valence-corrected chi connectivity index (χ2v) is 5.16. The van der Waals surface area contributed by atoms with Crippen LogP contribution in [0.1, 0.15) is 17.5 Å². The monoisotopic (exact) mass is 292 g/mol. The third-order valence-corrected chi connectivity index (χ3v) is 3.83. The molecule has 0 saturated carbocycles. The number of hydrogen-bond acceptors (Lipinski definition) is 1.